The minimum Gasteiger partial charge on any atom is -0.489 e. The monoisotopic (exact) mass is 444 g/mol. The third-order valence-electron chi connectivity index (χ3n) is 5.59. The van der Waals surface area contributed by atoms with Gasteiger partial charge in [0.2, 0.25) is 5.91 Å². The first-order chi connectivity index (χ1) is 16.2. The number of aryl methyl sites for hydroxylation is 1. The van der Waals surface area contributed by atoms with Crippen LogP contribution in [0.25, 0.3) is 0 Å². The molecule has 2 amide bonds. The van der Waals surface area contributed by atoms with Crippen LogP contribution in [-0.4, -0.2) is 25.0 Å². The number of carbonyl (C=O) groups is 2. The predicted octanol–water partition coefficient (Wildman–Crippen LogP) is 3.95. The van der Waals surface area contributed by atoms with Gasteiger partial charge in [0, 0.05) is 0 Å². The summed E-state index contributed by atoms with van der Waals surface area (Å²) in [7, 11) is 0. The van der Waals surface area contributed by atoms with Crippen LogP contribution >= 0.6 is 0 Å². The van der Waals surface area contributed by atoms with E-state index < -0.39 is 0 Å². The summed E-state index contributed by atoms with van der Waals surface area (Å²) in [6, 6.07) is 25.2. The Hall–Kier alpha value is -3.80. The molecular formula is C27H28N2O4. The Bertz CT molecular complexity index is 1070. The Kier molecular flexibility index (Phi) is 7.59. The fraction of sp³-hybridized carbons (Fsp3) is 0.259. The normalized spacial score (nSPS) is 14.6. The highest BCUT2D eigenvalue weighted by Gasteiger charge is 2.21. The summed E-state index contributed by atoms with van der Waals surface area (Å²) < 4.78 is 11.3. The van der Waals surface area contributed by atoms with E-state index in [1.54, 1.807) is 24.3 Å². The highest BCUT2D eigenvalue weighted by molar-refractivity contribution is 5.85. The van der Waals surface area contributed by atoms with Gasteiger partial charge in [0.05, 0.1) is 12.6 Å². The fourth-order valence-corrected chi connectivity index (χ4v) is 3.90. The summed E-state index contributed by atoms with van der Waals surface area (Å²) in [5, 5.41) is 5.64. The second kappa shape index (κ2) is 11.2. The van der Waals surface area contributed by atoms with Crippen molar-refractivity contribution >= 4 is 11.8 Å². The second-order valence-electron chi connectivity index (χ2n) is 8.02. The Labute approximate surface area is 193 Å². The molecule has 0 saturated heterocycles. The molecule has 0 spiro atoms. The first-order valence-corrected chi connectivity index (χ1v) is 11.2. The summed E-state index contributed by atoms with van der Waals surface area (Å²) >= 11 is 0. The van der Waals surface area contributed by atoms with Crippen molar-refractivity contribution < 1.29 is 19.1 Å². The van der Waals surface area contributed by atoms with Crippen molar-refractivity contribution in [3.05, 3.63) is 95.6 Å². The SMILES string of the molecule is O=C(COc1ccc(OCc2ccccc2)cc1)NCC(=O)NC1CCCc2ccccc21. The van der Waals surface area contributed by atoms with Crippen LogP contribution in [-0.2, 0) is 22.6 Å². The molecule has 33 heavy (non-hydrogen) atoms. The van der Waals surface area contributed by atoms with Crippen molar-refractivity contribution in [2.45, 2.75) is 31.9 Å². The van der Waals surface area contributed by atoms with E-state index in [2.05, 4.69) is 22.8 Å². The molecule has 2 N–H and O–H groups in total. The lowest BCUT2D eigenvalue weighted by Crippen LogP contribution is -2.40. The third kappa shape index (κ3) is 6.59. The molecular weight excluding hydrogens is 416 g/mol. The molecule has 170 valence electrons. The lowest BCUT2D eigenvalue weighted by molar-refractivity contribution is -0.127. The summed E-state index contributed by atoms with van der Waals surface area (Å²) in [5.74, 6) is 0.723. The van der Waals surface area contributed by atoms with Crippen molar-refractivity contribution in [3.8, 4) is 11.5 Å². The van der Waals surface area contributed by atoms with Gasteiger partial charge in [-0.1, -0.05) is 54.6 Å². The first-order valence-electron chi connectivity index (χ1n) is 11.2. The van der Waals surface area contributed by atoms with Gasteiger partial charge in [0.25, 0.3) is 5.91 Å². The lowest BCUT2D eigenvalue weighted by Gasteiger charge is -2.26. The van der Waals surface area contributed by atoms with Crippen LogP contribution in [0.1, 0.15) is 35.6 Å². The van der Waals surface area contributed by atoms with Gasteiger partial charge in [-0.05, 0) is 60.2 Å². The molecule has 0 aliphatic heterocycles. The number of hydrogen-bond donors (Lipinski definition) is 2. The first kappa shape index (κ1) is 22.4. The van der Waals surface area contributed by atoms with E-state index in [0.29, 0.717) is 12.4 Å². The van der Waals surface area contributed by atoms with E-state index in [9.17, 15) is 9.59 Å². The number of amides is 2. The zero-order valence-corrected chi connectivity index (χ0v) is 18.5. The maximum Gasteiger partial charge on any atom is 0.258 e. The average Bonchev–Trinajstić information content (AvgIpc) is 2.86. The smallest absolute Gasteiger partial charge is 0.258 e. The number of rotatable bonds is 9. The Morgan fingerprint density at radius 3 is 2.30 bits per heavy atom. The molecule has 1 aliphatic rings. The molecule has 0 aromatic heterocycles. The Morgan fingerprint density at radius 1 is 0.818 bits per heavy atom. The number of hydrogen-bond acceptors (Lipinski definition) is 4. The van der Waals surface area contributed by atoms with E-state index in [0.717, 1.165) is 30.6 Å². The molecule has 0 saturated carbocycles. The standard InChI is InChI=1S/C27H28N2O4/c30-26(29-25-12-6-10-21-9-4-5-11-24(21)25)17-28-27(31)19-33-23-15-13-22(14-16-23)32-18-20-7-2-1-3-8-20/h1-5,7-9,11,13-16,25H,6,10,12,17-19H2,(H,28,31)(H,29,30). The Morgan fingerprint density at radius 2 is 1.52 bits per heavy atom. The summed E-state index contributed by atoms with van der Waals surface area (Å²) in [5.41, 5.74) is 3.54. The van der Waals surface area contributed by atoms with Crippen molar-refractivity contribution in [3.63, 3.8) is 0 Å². The maximum atomic E-state index is 12.3. The van der Waals surface area contributed by atoms with Crippen molar-refractivity contribution in [1.82, 2.24) is 10.6 Å². The van der Waals surface area contributed by atoms with E-state index >= 15 is 0 Å². The molecule has 4 rings (SSSR count). The minimum atomic E-state index is -0.349. The van der Waals surface area contributed by atoms with Gasteiger partial charge in [-0.15, -0.1) is 0 Å². The van der Waals surface area contributed by atoms with Crippen LogP contribution in [0.2, 0.25) is 0 Å². The van der Waals surface area contributed by atoms with E-state index in [-0.39, 0.29) is 31.0 Å². The van der Waals surface area contributed by atoms with Gasteiger partial charge < -0.3 is 20.1 Å². The topological polar surface area (TPSA) is 76.7 Å². The van der Waals surface area contributed by atoms with Crippen LogP contribution in [0.4, 0.5) is 0 Å². The highest BCUT2D eigenvalue weighted by Crippen LogP contribution is 2.29. The van der Waals surface area contributed by atoms with Crippen LogP contribution in [0.15, 0.2) is 78.9 Å². The van der Waals surface area contributed by atoms with Crippen LogP contribution in [0.3, 0.4) is 0 Å². The predicted molar refractivity (Wildman–Crippen MR) is 126 cm³/mol. The number of ether oxygens (including phenoxy) is 2. The van der Waals surface area contributed by atoms with Crippen LogP contribution < -0.4 is 20.1 Å². The molecule has 1 atom stereocenters. The maximum absolute atomic E-state index is 12.3. The Balaban J connectivity index is 1.16. The van der Waals surface area contributed by atoms with Crippen molar-refractivity contribution in [2.75, 3.05) is 13.2 Å². The van der Waals surface area contributed by atoms with Crippen molar-refractivity contribution in [1.29, 1.82) is 0 Å². The third-order valence-corrected chi connectivity index (χ3v) is 5.59. The summed E-state index contributed by atoms with van der Waals surface area (Å²) in [4.78, 5) is 24.4. The number of fused-ring (bicyclic) bond motifs is 1. The number of benzene rings is 3. The molecule has 6 heteroatoms. The van der Waals surface area contributed by atoms with E-state index in [1.807, 2.05) is 42.5 Å². The van der Waals surface area contributed by atoms with Gasteiger partial charge in [-0.25, -0.2) is 0 Å². The van der Waals surface area contributed by atoms with E-state index in [4.69, 9.17) is 9.47 Å². The van der Waals surface area contributed by atoms with Gasteiger partial charge >= 0.3 is 0 Å². The van der Waals surface area contributed by atoms with Gasteiger partial charge in [-0.3, -0.25) is 9.59 Å². The van der Waals surface area contributed by atoms with E-state index in [1.165, 1.54) is 11.1 Å². The lowest BCUT2D eigenvalue weighted by atomic mass is 9.88. The van der Waals surface area contributed by atoms with Gasteiger partial charge in [0.15, 0.2) is 6.61 Å². The highest BCUT2D eigenvalue weighted by atomic mass is 16.5. The second-order valence-corrected chi connectivity index (χ2v) is 8.02. The quantitative estimate of drug-likeness (QED) is 0.524. The average molecular weight is 445 g/mol. The molecule has 0 radical (unpaired) electrons. The molecule has 3 aromatic rings. The van der Waals surface area contributed by atoms with Gasteiger partial charge in [0.1, 0.15) is 18.1 Å². The van der Waals surface area contributed by atoms with Crippen LogP contribution in [0.5, 0.6) is 11.5 Å². The molecule has 6 nitrogen and oxygen atoms in total. The molecule has 1 unspecified atom stereocenters. The number of nitrogens with one attached hydrogen (secondary N) is 2. The molecule has 3 aromatic carbocycles. The zero-order valence-electron chi connectivity index (χ0n) is 18.5. The fourth-order valence-electron chi connectivity index (χ4n) is 3.90. The van der Waals surface area contributed by atoms with Crippen LogP contribution in [0, 0.1) is 0 Å². The molecule has 1 aliphatic carbocycles. The minimum absolute atomic E-state index is 0.00164. The number of carbonyl (C=O) groups excluding carboxylic acids is 2. The van der Waals surface area contributed by atoms with Crippen molar-refractivity contribution in [2.24, 2.45) is 0 Å². The molecule has 0 fully saturated rings. The summed E-state index contributed by atoms with van der Waals surface area (Å²) in [6.45, 7) is 0.245. The largest absolute Gasteiger partial charge is 0.489 e. The van der Waals surface area contributed by atoms with Gasteiger partial charge in [-0.2, -0.15) is 0 Å². The molecule has 0 heterocycles. The molecule has 0 bridgehead atoms. The summed E-state index contributed by atoms with van der Waals surface area (Å²) in [6.07, 6.45) is 2.99. The zero-order chi connectivity index (χ0) is 22.9.